The van der Waals surface area contributed by atoms with E-state index in [0.717, 1.165) is 6.07 Å². The van der Waals surface area contributed by atoms with Gasteiger partial charge in [-0.05, 0) is 18.2 Å². The summed E-state index contributed by atoms with van der Waals surface area (Å²) in [6.07, 6.45) is -3.18. The SMILES string of the molecule is C[C@H](CC(=O)c1cc(Cl)cc(C(F)(F)C(F)(F)F)c1)c1ncnn1-c1nccs1. The lowest BCUT2D eigenvalue weighted by Crippen LogP contribution is -2.33. The molecule has 0 amide bonds. The maximum atomic E-state index is 13.7. The van der Waals surface area contributed by atoms with Crippen LogP contribution >= 0.6 is 22.9 Å². The van der Waals surface area contributed by atoms with E-state index in [1.54, 1.807) is 18.5 Å². The van der Waals surface area contributed by atoms with Crippen LogP contribution < -0.4 is 0 Å². The summed E-state index contributed by atoms with van der Waals surface area (Å²) in [5, 5.41) is 5.90. The number of ketones is 1. The van der Waals surface area contributed by atoms with Crippen LogP contribution in [0.3, 0.4) is 0 Å². The number of rotatable bonds is 6. The topological polar surface area (TPSA) is 60.7 Å². The predicted molar refractivity (Wildman–Crippen MR) is 95.8 cm³/mol. The van der Waals surface area contributed by atoms with Crippen LogP contribution in [0.2, 0.25) is 5.02 Å². The van der Waals surface area contributed by atoms with E-state index in [1.807, 2.05) is 0 Å². The lowest BCUT2D eigenvalue weighted by Gasteiger charge is -2.20. The van der Waals surface area contributed by atoms with Gasteiger partial charge in [-0.1, -0.05) is 18.5 Å². The Kier molecular flexibility index (Phi) is 5.72. The monoisotopic (exact) mass is 450 g/mol. The van der Waals surface area contributed by atoms with Crippen molar-refractivity contribution in [3.8, 4) is 5.13 Å². The number of Topliss-reactive ketones (excluding diaryl/α,β-unsaturated/α-hetero) is 1. The van der Waals surface area contributed by atoms with E-state index < -0.39 is 34.4 Å². The van der Waals surface area contributed by atoms with Crippen molar-refractivity contribution in [1.29, 1.82) is 0 Å². The number of nitrogens with zero attached hydrogens (tertiary/aromatic N) is 4. The van der Waals surface area contributed by atoms with E-state index in [4.69, 9.17) is 11.6 Å². The average Bonchev–Trinajstić information content (AvgIpc) is 3.31. The quantitative estimate of drug-likeness (QED) is 0.372. The molecule has 154 valence electrons. The number of hydrogen-bond acceptors (Lipinski definition) is 5. The van der Waals surface area contributed by atoms with Crippen LogP contribution in [0.5, 0.6) is 0 Å². The van der Waals surface area contributed by atoms with Gasteiger partial charge >= 0.3 is 12.1 Å². The molecule has 3 aromatic rings. The minimum atomic E-state index is -5.81. The standard InChI is InChI=1S/C17H12ClF5N4OS/c1-9(14-25-8-26-27(14)15-24-2-3-29-15)4-13(28)10-5-11(7-12(18)6-10)16(19,20)17(21,22)23/h2-3,5-9H,4H2,1H3/t9-/m1/s1. The summed E-state index contributed by atoms with van der Waals surface area (Å²) in [6, 6.07) is 2.06. The van der Waals surface area contributed by atoms with E-state index >= 15 is 0 Å². The first-order valence-corrected chi connectivity index (χ1v) is 9.35. The van der Waals surface area contributed by atoms with Gasteiger partial charge in [0.1, 0.15) is 12.2 Å². The van der Waals surface area contributed by atoms with Crippen LogP contribution in [0.4, 0.5) is 22.0 Å². The third kappa shape index (κ3) is 4.30. The van der Waals surface area contributed by atoms with Crippen LogP contribution in [-0.2, 0) is 5.92 Å². The second-order valence-electron chi connectivity index (χ2n) is 6.17. The number of halogens is 6. The maximum absolute atomic E-state index is 13.7. The molecule has 0 aliphatic rings. The fourth-order valence-corrected chi connectivity index (χ4v) is 3.48. The number of hydrogen-bond donors (Lipinski definition) is 0. The highest BCUT2D eigenvalue weighted by molar-refractivity contribution is 7.12. The van der Waals surface area contributed by atoms with Crippen molar-refractivity contribution < 1.29 is 26.7 Å². The summed E-state index contributed by atoms with van der Waals surface area (Å²) < 4.78 is 66.7. The molecule has 29 heavy (non-hydrogen) atoms. The highest BCUT2D eigenvalue weighted by atomic mass is 35.5. The molecule has 1 aromatic carbocycles. The molecule has 0 fully saturated rings. The molecule has 0 radical (unpaired) electrons. The Morgan fingerprint density at radius 2 is 1.93 bits per heavy atom. The van der Waals surface area contributed by atoms with Gasteiger partial charge in [0, 0.05) is 40.1 Å². The van der Waals surface area contributed by atoms with Crippen molar-refractivity contribution in [2.24, 2.45) is 0 Å². The van der Waals surface area contributed by atoms with Crippen molar-refractivity contribution in [2.45, 2.75) is 31.4 Å². The molecule has 0 aliphatic heterocycles. The van der Waals surface area contributed by atoms with Gasteiger partial charge in [0.15, 0.2) is 5.78 Å². The van der Waals surface area contributed by atoms with Crippen LogP contribution in [0.1, 0.15) is 41.0 Å². The van der Waals surface area contributed by atoms with Crippen molar-refractivity contribution in [1.82, 2.24) is 19.7 Å². The molecule has 0 unspecified atom stereocenters. The zero-order chi connectivity index (χ0) is 21.4. The van der Waals surface area contributed by atoms with Crippen LogP contribution in [0.25, 0.3) is 5.13 Å². The van der Waals surface area contributed by atoms with Crippen molar-refractivity contribution in [3.63, 3.8) is 0 Å². The molecular weight excluding hydrogens is 439 g/mol. The number of benzene rings is 1. The second kappa shape index (κ2) is 7.79. The molecule has 3 rings (SSSR count). The minimum Gasteiger partial charge on any atom is -0.294 e. The lowest BCUT2D eigenvalue weighted by atomic mass is 9.96. The van der Waals surface area contributed by atoms with Gasteiger partial charge in [0.2, 0.25) is 5.13 Å². The first-order valence-electron chi connectivity index (χ1n) is 8.09. The Morgan fingerprint density at radius 3 is 2.55 bits per heavy atom. The van der Waals surface area contributed by atoms with Gasteiger partial charge in [-0.2, -0.15) is 31.7 Å². The molecule has 0 spiro atoms. The van der Waals surface area contributed by atoms with Crippen molar-refractivity contribution >= 4 is 28.7 Å². The molecule has 2 aromatic heterocycles. The molecule has 0 saturated heterocycles. The zero-order valence-electron chi connectivity index (χ0n) is 14.6. The molecule has 5 nitrogen and oxygen atoms in total. The van der Waals surface area contributed by atoms with Crippen molar-refractivity contribution in [2.75, 3.05) is 0 Å². The summed E-state index contributed by atoms with van der Waals surface area (Å²) in [7, 11) is 0. The third-order valence-corrected chi connectivity index (χ3v) is 5.01. The largest absolute Gasteiger partial charge is 0.458 e. The van der Waals surface area contributed by atoms with E-state index in [1.165, 1.54) is 22.3 Å². The maximum Gasteiger partial charge on any atom is 0.458 e. The normalized spacial score (nSPS) is 13.5. The Morgan fingerprint density at radius 1 is 1.21 bits per heavy atom. The zero-order valence-corrected chi connectivity index (χ0v) is 16.2. The minimum absolute atomic E-state index is 0.207. The number of aromatic nitrogens is 4. The Bertz CT molecular complexity index is 1020. The smallest absolute Gasteiger partial charge is 0.294 e. The van der Waals surface area contributed by atoms with Gasteiger partial charge < -0.3 is 0 Å². The fourth-order valence-electron chi connectivity index (χ4n) is 2.64. The summed E-state index contributed by atoms with van der Waals surface area (Å²) in [6.45, 7) is 1.65. The van der Waals surface area contributed by atoms with Crippen LogP contribution in [0.15, 0.2) is 36.1 Å². The van der Waals surface area contributed by atoms with Gasteiger partial charge in [-0.15, -0.1) is 11.3 Å². The Labute approximate surface area is 170 Å². The molecule has 1 atom stereocenters. The van der Waals surface area contributed by atoms with E-state index in [-0.39, 0.29) is 12.0 Å². The molecule has 2 heterocycles. The summed E-state index contributed by atoms with van der Waals surface area (Å²) in [5.74, 6) is -5.91. The molecule has 0 bridgehead atoms. The highest BCUT2D eigenvalue weighted by Gasteiger charge is 2.58. The van der Waals surface area contributed by atoms with Gasteiger partial charge in [-0.3, -0.25) is 4.79 Å². The van der Waals surface area contributed by atoms with Crippen LogP contribution in [0, 0.1) is 0 Å². The summed E-state index contributed by atoms with van der Waals surface area (Å²) in [4.78, 5) is 20.8. The third-order valence-electron chi connectivity index (χ3n) is 4.05. The Balaban J connectivity index is 1.86. The number of alkyl halides is 5. The van der Waals surface area contributed by atoms with Crippen LogP contribution in [-0.4, -0.2) is 31.7 Å². The first-order chi connectivity index (χ1) is 13.5. The number of carbonyl (C=O) groups excluding carboxylic acids is 1. The van der Waals surface area contributed by atoms with E-state index in [9.17, 15) is 26.7 Å². The Hall–Kier alpha value is -2.40. The highest BCUT2D eigenvalue weighted by Crippen LogP contribution is 2.44. The molecule has 0 N–H and O–H groups in total. The molecule has 12 heteroatoms. The van der Waals surface area contributed by atoms with Crippen molar-refractivity contribution in [3.05, 3.63) is 58.1 Å². The van der Waals surface area contributed by atoms with Gasteiger partial charge in [-0.25, -0.2) is 9.97 Å². The summed E-state index contributed by atoms with van der Waals surface area (Å²) >= 11 is 6.99. The fraction of sp³-hybridized carbons (Fsp3) is 0.294. The van der Waals surface area contributed by atoms with Gasteiger partial charge in [0.25, 0.3) is 0 Å². The van der Waals surface area contributed by atoms with E-state index in [0.29, 0.717) is 23.1 Å². The first kappa shape index (κ1) is 21.3. The number of carbonyl (C=O) groups is 1. The predicted octanol–water partition coefficient (Wildman–Crippen LogP) is 5.41. The summed E-state index contributed by atoms with van der Waals surface area (Å²) in [5.41, 5.74) is -1.73. The van der Waals surface area contributed by atoms with E-state index in [2.05, 4.69) is 15.1 Å². The molecular formula is C17H12ClF5N4OS. The average molecular weight is 451 g/mol. The second-order valence-corrected chi connectivity index (χ2v) is 7.48. The number of thiazole rings is 1. The molecule has 0 aliphatic carbocycles. The molecule has 0 saturated carbocycles. The lowest BCUT2D eigenvalue weighted by molar-refractivity contribution is -0.289. The van der Waals surface area contributed by atoms with Gasteiger partial charge in [0.05, 0.1) is 0 Å².